The first kappa shape index (κ1) is 25.7. The summed E-state index contributed by atoms with van der Waals surface area (Å²) in [6.45, 7) is 8.20. The molecule has 0 spiro atoms. The molecule has 2 fully saturated rings. The van der Waals surface area contributed by atoms with Crippen LogP contribution in [0.15, 0.2) is 6.33 Å². The Morgan fingerprint density at radius 1 is 1.43 bits per heavy atom. The number of ether oxygens (including phenoxy) is 3. The fourth-order valence-corrected chi connectivity index (χ4v) is 5.72. The van der Waals surface area contributed by atoms with Gasteiger partial charge < -0.3 is 19.9 Å². The summed E-state index contributed by atoms with van der Waals surface area (Å²) in [5.74, 6) is -0.593. The monoisotopic (exact) mass is 516 g/mol. The second-order valence-corrected chi connectivity index (χ2v) is 10.7. The fraction of sp³-hybridized carbons (Fsp3) is 0.700. The molecule has 0 amide bonds. The average Bonchev–Trinajstić information content (AvgIpc) is 3.30. The zero-order valence-corrected chi connectivity index (χ0v) is 21.0. The molecule has 1 unspecified atom stereocenters. The Labute approximate surface area is 201 Å². The van der Waals surface area contributed by atoms with Crippen LogP contribution in [0.5, 0.6) is 5.88 Å². The number of esters is 1. The second kappa shape index (κ2) is 9.58. The number of alkyl halides is 1. The number of hydrogen-bond donors (Lipinski definition) is 2. The summed E-state index contributed by atoms with van der Waals surface area (Å²) in [4.78, 5) is 24.2. The Morgan fingerprint density at radius 2 is 2.17 bits per heavy atom. The Balaban J connectivity index is 1.53. The second-order valence-electron chi connectivity index (χ2n) is 8.96. The molecule has 6 atom stereocenters. The van der Waals surface area contributed by atoms with E-state index in [9.17, 15) is 9.36 Å². The van der Waals surface area contributed by atoms with Gasteiger partial charge in [0, 0.05) is 6.04 Å². The van der Waals surface area contributed by atoms with E-state index in [1.54, 1.807) is 27.7 Å². The van der Waals surface area contributed by atoms with Gasteiger partial charge in [0.25, 0.3) is 0 Å². The van der Waals surface area contributed by atoms with Crippen molar-refractivity contribution in [3.05, 3.63) is 6.33 Å². The van der Waals surface area contributed by atoms with Crippen molar-refractivity contribution in [1.29, 1.82) is 0 Å². The number of halogens is 1. The third-order valence-corrected chi connectivity index (χ3v) is 7.36. The number of nitrogen functional groups attached to an aromatic ring is 1. The molecule has 0 aliphatic carbocycles. The minimum Gasteiger partial charge on any atom is -0.476 e. The predicted molar refractivity (Wildman–Crippen MR) is 121 cm³/mol. The number of fused-ring (bicyclic) bond motifs is 2. The molecule has 15 heteroatoms. The van der Waals surface area contributed by atoms with Crippen LogP contribution in [-0.2, 0) is 27.9 Å². The Hall–Kier alpha value is -2.38. The van der Waals surface area contributed by atoms with Gasteiger partial charge in [-0.25, -0.2) is 19.0 Å². The molecule has 13 nitrogen and oxygen atoms in total. The van der Waals surface area contributed by atoms with E-state index in [4.69, 9.17) is 29.0 Å². The summed E-state index contributed by atoms with van der Waals surface area (Å²) in [5, 5.41) is 2.69. The number of nitrogens with zero attached hydrogens (tertiary/aromatic N) is 4. The molecular weight excluding hydrogens is 486 g/mol. The van der Waals surface area contributed by atoms with Crippen molar-refractivity contribution < 1.29 is 37.0 Å². The van der Waals surface area contributed by atoms with E-state index in [1.807, 2.05) is 0 Å². The lowest BCUT2D eigenvalue weighted by molar-refractivity contribution is -0.147. The molecule has 194 valence electrons. The summed E-state index contributed by atoms with van der Waals surface area (Å²) >= 11 is 0. The van der Waals surface area contributed by atoms with Gasteiger partial charge in [-0.2, -0.15) is 9.97 Å². The Bertz CT molecular complexity index is 1140. The third-order valence-electron chi connectivity index (χ3n) is 5.61. The topological polar surface area (TPSA) is 162 Å². The van der Waals surface area contributed by atoms with Crippen molar-refractivity contribution in [3.63, 3.8) is 0 Å². The van der Waals surface area contributed by atoms with Gasteiger partial charge in [0.15, 0.2) is 23.1 Å². The quantitative estimate of drug-likeness (QED) is 0.389. The smallest absolute Gasteiger partial charge is 0.406 e. The molecule has 4 heterocycles. The number of nitrogens with two attached hydrogens (primary N) is 1. The van der Waals surface area contributed by atoms with Crippen LogP contribution < -0.4 is 15.6 Å². The highest BCUT2D eigenvalue weighted by atomic mass is 31.2. The number of hydrogen-bond acceptors (Lipinski definition) is 11. The number of carbonyl (C=O) groups is 1. The van der Waals surface area contributed by atoms with E-state index in [0.29, 0.717) is 12.1 Å². The standard InChI is InChI=1S/C20H30FN6O7P/c1-6-30-16-13-15(24-19(22)25-16)27(9-23-13)18-20(5,21)14-12(33-18)8-32-35(29,34-14)26-11(4)7-31-17(28)10(2)3/h9-12,14,18H,6-8H2,1-5H3,(H,26,29)(H2,22,24,25)/t11-,12+,14+,18+,20+,35?/m0/s1. The number of nitrogens with one attached hydrogen (secondary N) is 1. The van der Waals surface area contributed by atoms with E-state index < -0.39 is 43.9 Å². The lowest BCUT2D eigenvalue weighted by Gasteiger charge is -2.35. The van der Waals surface area contributed by atoms with E-state index in [0.717, 1.165) is 0 Å². The maximum Gasteiger partial charge on any atom is 0.406 e. The lowest BCUT2D eigenvalue weighted by atomic mass is 9.98. The van der Waals surface area contributed by atoms with E-state index >= 15 is 4.39 Å². The van der Waals surface area contributed by atoms with Gasteiger partial charge in [0.05, 0.1) is 25.5 Å². The zero-order chi connectivity index (χ0) is 25.5. The first-order valence-corrected chi connectivity index (χ1v) is 12.8. The highest BCUT2D eigenvalue weighted by molar-refractivity contribution is 7.51. The highest BCUT2D eigenvalue weighted by Crippen LogP contribution is 2.57. The molecule has 0 aromatic carbocycles. The number of imidazole rings is 1. The minimum atomic E-state index is -3.93. The summed E-state index contributed by atoms with van der Waals surface area (Å²) in [6.07, 6.45) is -1.96. The third kappa shape index (κ3) is 4.98. The number of aromatic nitrogens is 4. The summed E-state index contributed by atoms with van der Waals surface area (Å²) in [7, 11) is -3.93. The maximum atomic E-state index is 16.2. The molecule has 2 aliphatic rings. The van der Waals surface area contributed by atoms with E-state index in [2.05, 4.69) is 20.0 Å². The molecule has 2 aromatic heterocycles. The van der Waals surface area contributed by atoms with Crippen LogP contribution in [0.25, 0.3) is 11.2 Å². The molecular formula is C20H30FN6O7P. The van der Waals surface area contributed by atoms with Crippen molar-refractivity contribution >= 4 is 30.8 Å². The minimum absolute atomic E-state index is 0.0574. The Kier molecular flexibility index (Phi) is 7.04. The lowest BCUT2D eigenvalue weighted by Crippen LogP contribution is -2.47. The molecule has 2 aromatic rings. The van der Waals surface area contributed by atoms with Crippen LogP contribution in [0.1, 0.15) is 40.8 Å². The zero-order valence-electron chi connectivity index (χ0n) is 20.1. The molecule has 0 bridgehead atoms. The summed E-state index contributed by atoms with van der Waals surface area (Å²) < 4.78 is 58.4. The number of rotatable bonds is 8. The van der Waals surface area contributed by atoms with Gasteiger partial charge >= 0.3 is 13.7 Å². The SMILES string of the molecule is CCOc1nc(N)nc2c1ncn2[C@@H]1O[C@@H]2COP(=O)(N[C@@H](C)COC(=O)C(C)C)O[C@H]2[C@@]1(C)F. The maximum absolute atomic E-state index is 16.2. The van der Waals surface area contributed by atoms with Crippen LogP contribution in [0, 0.1) is 5.92 Å². The van der Waals surface area contributed by atoms with Crippen LogP contribution in [0.4, 0.5) is 10.3 Å². The van der Waals surface area contributed by atoms with E-state index in [-0.39, 0.29) is 36.6 Å². The molecule has 3 N–H and O–H groups in total. The van der Waals surface area contributed by atoms with Gasteiger partial charge in [-0.15, -0.1) is 0 Å². The molecule has 2 saturated heterocycles. The van der Waals surface area contributed by atoms with Crippen molar-refractivity contribution in [1.82, 2.24) is 24.6 Å². The molecule has 35 heavy (non-hydrogen) atoms. The van der Waals surface area contributed by atoms with Crippen LogP contribution >= 0.6 is 7.75 Å². The first-order valence-electron chi connectivity index (χ1n) is 11.3. The molecule has 4 rings (SSSR count). The molecule has 0 radical (unpaired) electrons. The number of anilines is 1. The number of carbonyl (C=O) groups excluding carboxylic acids is 1. The van der Waals surface area contributed by atoms with Crippen molar-refractivity contribution in [2.24, 2.45) is 5.92 Å². The van der Waals surface area contributed by atoms with Gasteiger partial charge in [0.2, 0.25) is 11.8 Å². The van der Waals surface area contributed by atoms with Crippen molar-refractivity contribution in [2.75, 3.05) is 25.6 Å². The molecule has 2 aliphatic heterocycles. The normalized spacial score (nSPS) is 31.5. The van der Waals surface area contributed by atoms with Gasteiger partial charge in [-0.1, -0.05) is 13.8 Å². The van der Waals surface area contributed by atoms with Crippen LogP contribution in [-0.4, -0.2) is 69.2 Å². The van der Waals surface area contributed by atoms with Crippen LogP contribution in [0.3, 0.4) is 0 Å². The van der Waals surface area contributed by atoms with E-state index in [1.165, 1.54) is 17.8 Å². The first-order chi connectivity index (χ1) is 16.4. The van der Waals surface area contributed by atoms with Crippen molar-refractivity contribution in [2.45, 2.75) is 64.8 Å². The Morgan fingerprint density at radius 3 is 2.86 bits per heavy atom. The molecule has 0 saturated carbocycles. The largest absolute Gasteiger partial charge is 0.476 e. The fourth-order valence-electron chi connectivity index (χ4n) is 3.92. The summed E-state index contributed by atoms with van der Waals surface area (Å²) in [5.41, 5.74) is 4.17. The van der Waals surface area contributed by atoms with Gasteiger partial charge in [-0.3, -0.25) is 18.4 Å². The summed E-state index contributed by atoms with van der Waals surface area (Å²) in [6, 6.07) is -0.571. The van der Waals surface area contributed by atoms with Gasteiger partial charge in [-0.05, 0) is 20.8 Å². The van der Waals surface area contributed by atoms with Gasteiger partial charge in [0.1, 0.15) is 18.8 Å². The highest BCUT2D eigenvalue weighted by Gasteiger charge is 2.61. The predicted octanol–water partition coefficient (Wildman–Crippen LogP) is 2.13. The average molecular weight is 516 g/mol. The van der Waals surface area contributed by atoms with Crippen LogP contribution in [0.2, 0.25) is 0 Å². The van der Waals surface area contributed by atoms with Crippen molar-refractivity contribution in [3.8, 4) is 5.88 Å².